The smallest absolute Gasteiger partial charge is 0.306 e. The molecule has 0 aliphatic carbocycles. The molecule has 0 aromatic rings. The minimum atomic E-state index is -0.763. The third-order valence-corrected chi connectivity index (χ3v) is 13.8. The van der Waals surface area contributed by atoms with Crippen LogP contribution in [0.2, 0.25) is 0 Å². The number of hydrogen-bond acceptors (Lipinski definition) is 6. The molecular weight excluding hydrogens is 805 g/mol. The first kappa shape index (κ1) is 63.4. The number of hydrogen-bond donors (Lipinski definition) is 0. The summed E-state index contributed by atoms with van der Waals surface area (Å²) in [6, 6.07) is 0. The Morgan fingerprint density at radius 3 is 0.877 bits per heavy atom. The molecule has 6 nitrogen and oxygen atoms in total. The van der Waals surface area contributed by atoms with Gasteiger partial charge in [0.05, 0.1) is 0 Å². The van der Waals surface area contributed by atoms with Crippen molar-refractivity contribution in [1.82, 2.24) is 0 Å². The van der Waals surface area contributed by atoms with Crippen molar-refractivity contribution in [3.63, 3.8) is 0 Å². The molecule has 0 amide bonds. The lowest BCUT2D eigenvalue weighted by Gasteiger charge is -2.18. The van der Waals surface area contributed by atoms with Crippen LogP contribution >= 0.6 is 0 Å². The largest absolute Gasteiger partial charge is 0.462 e. The van der Waals surface area contributed by atoms with Crippen LogP contribution in [0.1, 0.15) is 330 Å². The first-order chi connectivity index (χ1) is 31.8. The van der Waals surface area contributed by atoms with Crippen LogP contribution < -0.4 is 0 Å². The highest BCUT2D eigenvalue weighted by Crippen LogP contribution is 2.19. The van der Waals surface area contributed by atoms with Gasteiger partial charge in [-0.25, -0.2) is 0 Å². The average molecular weight is 920 g/mol. The number of unbranched alkanes of at least 4 members (excludes halogenated alkanes) is 37. The van der Waals surface area contributed by atoms with Gasteiger partial charge < -0.3 is 14.2 Å². The molecule has 0 N–H and O–H groups in total. The summed E-state index contributed by atoms with van der Waals surface area (Å²) in [4.78, 5) is 38.2. The van der Waals surface area contributed by atoms with E-state index in [9.17, 15) is 14.4 Å². The first-order valence-corrected chi connectivity index (χ1v) is 29.3. The van der Waals surface area contributed by atoms with Crippen LogP contribution in [0.25, 0.3) is 0 Å². The molecule has 1 unspecified atom stereocenters. The van der Waals surface area contributed by atoms with E-state index in [1.165, 1.54) is 218 Å². The van der Waals surface area contributed by atoms with Crippen LogP contribution in [-0.2, 0) is 28.6 Å². The lowest BCUT2D eigenvalue weighted by Crippen LogP contribution is -2.30. The van der Waals surface area contributed by atoms with Crippen molar-refractivity contribution >= 4 is 17.9 Å². The van der Waals surface area contributed by atoms with Gasteiger partial charge in [0.2, 0.25) is 0 Å². The zero-order valence-electron chi connectivity index (χ0n) is 44.6. The fraction of sp³-hybridized carbons (Fsp3) is 0.949. The van der Waals surface area contributed by atoms with Crippen molar-refractivity contribution in [2.45, 2.75) is 336 Å². The monoisotopic (exact) mass is 919 g/mol. The van der Waals surface area contributed by atoms with Gasteiger partial charge in [0, 0.05) is 19.3 Å². The van der Waals surface area contributed by atoms with Gasteiger partial charge in [-0.1, -0.05) is 291 Å². The molecule has 0 aliphatic heterocycles. The SMILES string of the molecule is CCCCCCCCCCCCCCCCCCC(=O)OC[C@H](COC(=O)CCCCCCCCCCCCCCCCC(C)C)OC(=O)CCCCCCCCCCCCC(C)CC. The summed E-state index contributed by atoms with van der Waals surface area (Å²) >= 11 is 0. The zero-order chi connectivity index (χ0) is 47.5. The number of esters is 3. The molecule has 65 heavy (non-hydrogen) atoms. The summed E-state index contributed by atoms with van der Waals surface area (Å²) < 4.78 is 16.9. The first-order valence-electron chi connectivity index (χ1n) is 29.3. The van der Waals surface area contributed by atoms with E-state index in [1.807, 2.05) is 0 Å². The molecule has 0 aliphatic rings. The Morgan fingerprint density at radius 2 is 0.585 bits per heavy atom. The Balaban J connectivity index is 4.30. The molecule has 0 rings (SSSR count). The molecular formula is C59H114O6. The Hall–Kier alpha value is -1.59. The maximum absolute atomic E-state index is 12.8. The van der Waals surface area contributed by atoms with Crippen molar-refractivity contribution < 1.29 is 28.6 Å². The molecule has 0 spiro atoms. The summed E-state index contributed by atoms with van der Waals surface area (Å²) in [5.74, 6) is 0.873. The highest BCUT2D eigenvalue weighted by atomic mass is 16.6. The number of rotatable bonds is 53. The van der Waals surface area contributed by atoms with E-state index in [-0.39, 0.29) is 31.1 Å². The van der Waals surface area contributed by atoms with Gasteiger partial charge in [-0.15, -0.1) is 0 Å². The molecule has 0 bridgehead atoms. The zero-order valence-corrected chi connectivity index (χ0v) is 44.6. The molecule has 2 atom stereocenters. The summed E-state index contributed by atoms with van der Waals surface area (Å²) in [5.41, 5.74) is 0. The maximum Gasteiger partial charge on any atom is 0.306 e. The lowest BCUT2D eigenvalue weighted by molar-refractivity contribution is -0.167. The van der Waals surface area contributed by atoms with Gasteiger partial charge in [-0.2, -0.15) is 0 Å². The van der Waals surface area contributed by atoms with Gasteiger partial charge >= 0.3 is 17.9 Å². The number of carbonyl (C=O) groups excluding carboxylic acids is 3. The fourth-order valence-electron chi connectivity index (χ4n) is 9.02. The summed E-state index contributed by atoms with van der Waals surface area (Å²) in [6.45, 7) is 11.4. The Labute approximate surface area is 406 Å². The molecule has 386 valence electrons. The van der Waals surface area contributed by atoms with E-state index in [0.29, 0.717) is 19.3 Å². The summed E-state index contributed by atoms with van der Waals surface area (Å²) in [6.07, 6.45) is 55.1. The fourth-order valence-corrected chi connectivity index (χ4v) is 9.02. The molecule has 0 fully saturated rings. The van der Waals surface area contributed by atoms with Crippen LogP contribution in [0.5, 0.6) is 0 Å². The van der Waals surface area contributed by atoms with Crippen LogP contribution in [0.3, 0.4) is 0 Å². The van der Waals surface area contributed by atoms with E-state index in [0.717, 1.165) is 69.6 Å². The predicted molar refractivity (Wildman–Crippen MR) is 280 cm³/mol. The van der Waals surface area contributed by atoms with Crippen molar-refractivity contribution in [2.24, 2.45) is 11.8 Å². The van der Waals surface area contributed by atoms with Crippen molar-refractivity contribution in [2.75, 3.05) is 13.2 Å². The van der Waals surface area contributed by atoms with Crippen LogP contribution in [-0.4, -0.2) is 37.2 Å². The third-order valence-electron chi connectivity index (χ3n) is 13.8. The highest BCUT2D eigenvalue weighted by Gasteiger charge is 2.19. The molecule has 0 saturated carbocycles. The average Bonchev–Trinajstić information content (AvgIpc) is 3.29. The third kappa shape index (κ3) is 51.6. The van der Waals surface area contributed by atoms with Gasteiger partial charge in [0.25, 0.3) is 0 Å². The minimum absolute atomic E-state index is 0.0627. The maximum atomic E-state index is 12.8. The summed E-state index contributed by atoms with van der Waals surface area (Å²) in [7, 11) is 0. The molecule has 0 radical (unpaired) electrons. The van der Waals surface area contributed by atoms with E-state index < -0.39 is 6.10 Å². The van der Waals surface area contributed by atoms with Crippen molar-refractivity contribution in [3.05, 3.63) is 0 Å². The van der Waals surface area contributed by atoms with Gasteiger partial charge in [0.1, 0.15) is 13.2 Å². The van der Waals surface area contributed by atoms with Crippen molar-refractivity contribution in [1.29, 1.82) is 0 Å². The Morgan fingerprint density at radius 1 is 0.323 bits per heavy atom. The quantitative estimate of drug-likeness (QED) is 0.0344. The second-order valence-electron chi connectivity index (χ2n) is 21.0. The van der Waals surface area contributed by atoms with E-state index in [1.54, 1.807) is 0 Å². The van der Waals surface area contributed by atoms with Crippen LogP contribution in [0, 0.1) is 11.8 Å². The minimum Gasteiger partial charge on any atom is -0.462 e. The molecule has 6 heteroatoms. The normalized spacial score (nSPS) is 12.5. The topological polar surface area (TPSA) is 78.9 Å². The number of carbonyl (C=O) groups is 3. The Bertz CT molecular complexity index is 995. The van der Waals surface area contributed by atoms with Crippen LogP contribution in [0.4, 0.5) is 0 Å². The second-order valence-corrected chi connectivity index (χ2v) is 21.0. The number of ether oxygens (including phenoxy) is 3. The highest BCUT2D eigenvalue weighted by molar-refractivity contribution is 5.71. The van der Waals surface area contributed by atoms with E-state index in [4.69, 9.17) is 14.2 Å². The van der Waals surface area contributed by atoms with E-state index in [2.05, 4.69) is 34.6 Å². The predicted octanol–water partition coefficient (Wildman–Crippen LogP) is 19.3. The molecule has 0 aromatic carbocycles. The standard InChI is InChI=1S/C59H114O6/c1-6-8-9-10-11-12-13-14-15-16-20-23-29-34-39-44-49-57(60)63-52-56(65-59(62)51-46-41-36-31-26-25-28-33-38-43-48-55(5)7-2)53-64-58(61)50-45-40-35-30-24-21-18-17-19-22-27-32-37-42-47-54(3)4/h54-56H,6-53H2,1-5H3/t55?,56-/m1/s1. The lowest BCUT2D eigenvalue weighted by atomic mass is 9.99. The molecule has 0 heterocycles. The van der Waals surface area contributed by atoms with E-state index >= 15 is 0 Å². The van der Waals surface area contributed by atoms with Gasteiger partial charge in [0.15, 0.2) is 6.10 Å². The van der Waals surface area contributed by atoms with Crippen molar-refractivity contribution in [3.8, 4) is 0 Å². The van der Waals surface area contributed by atoms with Crippen LogP contribution in [0.15, 0.2) is 0 Å². The molecule has 0 saturated heterocycles. The second kappa shape index (κ2) is 51.8. The van der Waals surface area contributed by atoms with Gasteiger partial charge in [-0.05, 0) is 31.1 Å². The summed E-state index contributed by atoms with van der Waals surface area (Å²) in [5, 5.41) is 0. The van der Waals surface area contributed by atoms with Gasteiger partial charge in [-0.3, -0.25) is 14.4 Å². The Kier molecular flexibility index (Phi) is 50.5. The molecule has 0 aromatic heterocycles.